The van der Waals surface area contributed by atoms with E-state index in [4.69, 9.17) is 0 Å². The maximum absolute atomic E-state index is 4.14. The second-order valence-corrected chi connectivity index (χ2v) is 4.20. The highest BCUT2D eigenvalue weighted by Gasteiger charge is 2.05. The van der Waals surface area contributed by atoms with Gasteiger partial charge in [-0.05, 0) is 30.0 Å². The van der Waals surface area contributed by atoms with Gasteiger partial charge in [0, 0.05) is 6.54 Å². The van der Waals surface area contributed by atoms with Gasteiger partial charge in [-0.1, -0.05) is 35.5 Å². The van der Waals surface area contributed by atoms with Crippen LogP contribution in [0.1, 0.15) is 5.69 Å². The first-order valence-corrected chi connectivity index (χ1v) is 5.92. The van der Waals surface area contributed by atoms with Crippen LogP contribution in [-0.2, 0) is 6.54 Å². The molecule has 0 saturated heterocycles. The zero-order valence-electron chi connectivity index (χ0n) is 10.2. The highest BCUT2D eigenvalue weighted by Crippen LogP contribution is 2.18. The Morgan fingerprint density at radius 2 is 1.94 bits per heavy atom. The summed E-state index contributed by atoms with van der Waals surface area (Å²) in [6, 6.07) is 14.6. The largest absolute Gasteiger partial charge is 0.314 e. The molecule has 0 fully saturated rings. The third-order valence-corrected chi connectivity index (χ3v) is 2.96. The van der Waals surface area contributed by atoms with Crippen LogP contribution >= 0.6 is 0 Å². The molecule has 0 aliphatic carbocycles. The van der Waals surface area contributed by atoms with Gasteiger partial charge in [-0.3, -0.25) is 0 Å². The number of benzene rings is 2. The van der Waals surface area contributed by atoms with Crippen LogP contribution in [0.4, 0.5) is 0 Å². The molecule has 0 amide bonds. The predicted molar refractivity (Wildman–Crippen MR) is 71.6 cm³/mol. The Morgan fingerprint density at radius 3 is 2.78 bits per heavy atom. The lowest BCUT2D eigenvalue weighted by Crippen LogP contribution is -2.10. The van der Waals surface area contributed by atoms with E-state index >= 15 is 0 Å². The molecule has 1 N–H and O–H groups in total. The minimum atomic E-state index is 0.750. The smallest absolute Gasteiger partial charge is 0.0783 e. The van der Waals surface area contributed by atoms with E-state index in [0.717, 1.165) is 17.9 Å². The quantitative estimate of drug-likeness (QED) is 0.760. The SMILES string of the molecule is CNCc1cnnn1-c1ccc2ccccc2c1. The first-order valence-electron chi connectivity index (χ1n) is 5.92. The number of hydrogen-bond acceptors (Lipinski definition) is 3. The van der Waals surface area contributed by atoms with Crippen LogP contribution in [0.15, 0.2) is 48.7 Å². The average molecular weight is 238 g/mol. The van der Waals surface area contributed by atoms with Gasteiger partial charge in [0.15, 0.2) is 0 Å². The minimum Gasteiger partial charge on any atom is -0.314 e. The third-order valence-electron chi connectivity index (χ3n) is 2.96. The summed E-state index contributed by atoms with van der Waals surface area (Å²) in [6.07, 6.45) is 1.78. The van der Waals surface area contributed by atoms with Crippen molar-refractivity contribution in [2.45, 2.75) is 6.54 Å². The topological polar surface area (TPSA) is 42.7 Å². The van der Waals surface area contributed by atoms with E-state index in [0.29, 0.717) is 0 Å². The number of nitrogens with one attached hydrogen (secondary N) is 1. The van der Waals surface area contributed by atoms with Crippen molar-refractivity contribution in [2.24, 2.45) is 0 Å². The molecule has 0 atom stereocenters. The first kappa shape index (κ1) is 10.9. The summed E-state index contributed by atoms with van der Waals surface area (Å²) in [4.78, 5) is 0. The summed E-state index contributed by atoms with van der Waals surface area (Å²) in [6.45, 7) is 0.750. The number of aromatic nitrogens is 3. The Bertz CT molecular complexity index is 672. The Morgan fingerprint density at radius 1 is 1.11 bits per heavy atom. The number of fused-ring (bicyclic) bond motifs is 1. The molecule has 0 radical (unpaired) electrons. The monoisotopic (exact) mass is 238 g/mol. The molecule has 0 saturated carbocycles. The van der Waals surface area contributed by atoms with E-state index in [-0.39, 0.29) is 0 Å². The van der Waals surface area contributed by atoms with Crippen LogP contribution in [0.25, 0.3) is 16.5 Å². The molecule has 1 heterocycles. The number of nitrogens with zero attached hydrogens (tertiary/aromatic N) is 3. The normalized spacial score (nSPS) is 10.9. The van der Waals surface area contributed by atoms with Crippen molar-refractivity contribution < 1.29 is 0 Å². The zero-order valence-corrected chi connectivity index (χ0v) is 10.2. The van der Waals surface area contributed by atoms with Crippen LogP contribution in [0.5, 0.6) is 0 Å². The van der Waals surface area contributed by atoms with E-state index < -0.39 is 0 Å². The van der Waals surface area contributed by atoms with Crippen molar-refractivity contribution in [3.8, 4) is 5.69 Å². The molecule has 0 aliphatic rings. The lowest BCUT2D eigenvalue weighted by Gasteiger charge is -2.07. The number of hydrogen-bond donors (Lipinski definition) is 1. The first-order chi connectivity index (χ1) is 8.88. The van der Waals surface area contributed by atoms with Crippen LogP contribution in [-0.4, -0.2) is 22.0 Å². The van der Waals surface area contributed by atoms with Gasteiger partial charge < -0.3 is 5.32 Å². The van der Waals surface area contributed by atoms with Crippen LogP contribution in [0.2, 0.25) is 0 Å². The Labute approximate surface area is 105 Å². The molecule has 0 spiro atoms. The van der Waals surface area contributed by atoms with Gasteiger partial charge in [-0.2, -0.15) is 0 Å². The summed E-state index contributed by atoms with van der Waals surface area (Å²) in [5.74, 6) is 0. The molecule has 18 heavy (non-hydrogen) atoms. The maximum atomic E-state index is 4.14. The summed E-state index contributed by atoms with van der Waals surface area (Å²) >= 11 is 0. The summed E-state index contributed by atoms with van der Waals surface area (Å²) < 4.78 is 1.86. The molecule has 2 aromatic carbocycles. The molecule has 0 unspecified atom stereocenters. The van der Waals surface area contributed by atoms with Crippen molar-refractivity contribution in [2.75, 3.05) is 7.05 Å². The molecule has 90 valence electrons. The highest BCUT2D eigenvalue weighted by atomic mass is 15.4. The second kappa shape index (κ2) is 4.58. The standard InChI is InChI=1S/C14H14N4/c1-15-9-14-10-16-17-18(14)13-7-6-11-4-2-3-5-12(11)8-13/h2-8,10,15H,9H2,1H3. The third kappa shape index (κ3) is 1.87. The highest BCUT2D eigenvalue weighted by molar-refractivity contribution is 5.84. The molecule has 4 heteroatoms. The minimum absolute atomic E-state index is 0.750. The second-order valence-electron chi connectivity index (χ2n) is 4.20. The van der Waals surface area contributed by atoms with Gasteiger partial charge in [-0.15, -0.1) is 5.10 Å². The van der Waals surface area contributed by atoms with Crippen LogP contribution < -0.4 is 5.32 Å². The van der Waals surface area contributed by atoms with Crippen molar-refractivity contribution in [1.82, 2.24) is 20.3 Å². The van der Waals surface area contributed by atoms with E-state index in [2.05, 4.69) is 46.0 Å². The lowest BCUT2D eigenvalue weighted by atomic mass is 10.1. The summed E-state index contributed by atoms with van der Waals surface area (Å²) in [5, 5.41) is 13.7. The van der Waals surface area contributed by atoms with Gasteiger partial charge in [0.2, 0.25) is 0 Å². The molecular formula is C14H14N4. The maximum Gasteiger partial charge on any atom is 0.0783 e. The predicted octanol–water partition coefficient (Wildman–Crippen LogP) is 2.14. The van der Waals surface area contributed by atoms with E-state index in [9.17, 15) is 0 Å². The Hall–Kier alpha value is -2.20. The Balaban J connectivity index is 2.10. The molecule has 3 aromatic rings. The molecule has 4 nitrogen and oxygen atoms in total. The van der Waals surface area contributed by atoms with Crippen LogP contribution in [0, 0.1) is 0 Å². The molecule has 3 rings (SSSR count). The molecular weight excluding hydrogens is 224 g/mol. The van der Waals surface area contributed by atoms with Crippen molar-refractivity contribution in [3.05, 3.63) is 54.4 Å². The van der Waals surface area contributed by atoms with Crippen molar-refractivity contribution in [3.63, 3.8) is 0 Å². The van der Waals surface area contributed by atoms with Gasteiger partial charge in [-0.25, -0.2) is 4.68 Å². The molecule has 0 bridgehead atoms. The van der Waals surface area contributed by atoms with Crippen LogP contribution in [0.3, 0.4) is 0 Å². The number of rotatable bonds is 3. The van der Waals surface area contributed by atoms with E-state index in [1.165, 1.54) is 10.8 Å². The summed E-state index contributed by atoms with van der Waals surface area (Å²) in [7, 11) is 1.91. The molecule has 1 aromatic heterocycles. The fraction of sp³-hybridized carbons (Fsp3) is 0.143. The van der Waals surface area contributed by atoms with E-state index in [1.54, 1.807) is 6.20 Å². The summed E-state index contributed by atoms with van der Waals surface area (Å²) in [5.41, 5.74) is 2.09. The van der Waals surface area contributed by atoms with Gasteiger partial charge in [0.1, 0.15) is 0 Å². The zero-order chi connectivity index (χ0) is 12.4. The van der Waals surface area contributed by atoms with Crippen molar-refractivity contribution in [1.29, 1.82) is 0 Å². The Kier molecular flexibility index (Phi) is 2.78. The fourth-order valence-electron chi connectivity index (χ4n) is 2.08. The van der Waals surface area contributed by atoms with Crippen molar-refractivity contribution >= 4 is 10.8 Å². The van der Waals surface area contributed by atoms with E-state index in [1.807, 2.05) is 23.9 Å². The average Bonchev–Trinajstić information content (AvgIpc) is 2.87. The fourth-order valence-corrected chi connectivity index (χ4v) is 2.08. The molecule has 0 aliphatic heterocycles. The lowest BCUT2D eigenvalue weighted by molar-refractivity contribution is 0.714. The van der Waals surface area contributed by atoms with Gasteiger partial charge >= 0.3 is 0 Å². The van der Waals surface area contributed by atoms with Gasteiger partial charge in [0.05, 0.1) is 17.6 Å². The van der Waals surface area contributed by atoms with Gasteiger partial charge in [0.25, 0.3) is 0 Å².